The molecule has 1 N–H and O–H groups in total. The Labute approximate surface area is 124 Å². The number of rotatable bonds is 4. The Morgan fingerprint density at radius 3 is 2.90 bits per heavy atom. The number of carbonyl (C=O) groups excluding carboxylic acids is 1. The summed E-state index contributed by atoms with van der Waals surface area (Å²) < 4.78 is 18.6. The second kappa shape index (κ2) is 7.00. The predicted octanol–water partition coefficient (Wildman–Crippen LogP) is 2.21. The zero-order valence-electron chi connectivity index (χ0n) is 12.5. The van der Waals surface area contributed by atoms with Crippen molar-refractivity contribution in [1.82, 2.24) is 4.90 Å². The molecule has 2 unspecified atom stereocenters. The Morgan fingerprint density at radius 2 is 2.24 bits per heavy atom. The van der Waals surface area contributed by atoms with Gasteiger partial charge in [-0.2, -0.15) is 0 Å². The van der Waals surface area contributed by atoms with Gasteiger partial charge in [-0.3, -0.25) is 4.90 Å². The minimum Gasteiger partial charge on any atom is -0.465 e. The average molecular weight is 295 g/mol. The SMILES string of the molecule is COC(=O)c1ccc(F)c(CN2CC(CO)CCC2C)c1. The molecule has 0 saturated carbocycles. The van der Waals surface area contributed by atoms with Crippen LogP contribution in [-0.4, -0.2) is 42.3 Å². The number of carbonyl (C=O) groups is 1. The summed E-state index contributed by atoms with van der Waals surface area (Å²) in [5.41, 5.74) is 0.848. The zero-order valence-corrected chi connectivity index (χ0v) is 12.5. The molecular formula is C16H22FNO3. The lowest BCUT2D eigenvalue weighted by Crippen LogP contribution is -2.42. The Kier molecular flexibility index (Phi) is 5.31. The molecule has 0 amide bonds. The van der Waals surface area contributed by atoms with Gasteiger partial charge >= 0.3 is 5.97 Å². The standard InChI is InChI=1S/C16H22FNO3/c1-11-3-4-12(10-19)8-18(11)9-14-7-13(16(20)21-2)5-6-15(14)17/h5-7,11-12,19H,3-4,8-10H2,1-2H3. The number of esters is 1. The summed E-state index contributed by atoms with van der Waals surface area (Å²) in [5, 5.41) is 9.30. The van der Waals surface area contributed by atoms with Gasteiger partial charge < -0.3 is 9.84 Å². The van der Waals surface area contributed by atoms with Crippen molar-refractivity contribution in [1.29, 1.82) is 0 Å². The lowest BCUT2D eigenvalue weighted by Gasteiger charge is -2.37. The van der Waals surface area contributed by atoms with Crippen LogP contribution in [0.25, 0.3) is 0 Å². The topological polar surface area (TPSA) is 49.8 Å². The van der Waals surface area contributed by atoms with Crippen LogP contribution in [0.4, 0.5) is 4.39 Å². The van der Waals surface area contributed by atoms with Gasteiger partial charge in [0.2, 0.25) is 0 Å². The second-order valence-corrected chi connectivity index (χ2v) is 5.70. The number of ether oxygens (including phenoxy) is 1. The molecule has 0 radical (unpaired) electrons. The normalized spacial score (nSPS) is 23.0. The third-order valence-electron chi connectivity index (χ3n) is 4.21. The molecule has 1 aromatic carbocycles. The second-order valence-electron chi connectivity index (χ2n) is 5.70. The van der Waals surface area contributed by atoms with Crippen LogP contribution in [0.1, 0.15) is 35.7 Å². The highest BCUT2D eigenvalue weighted by molar-refractivity contribution is 5.89. The maximum atomic E-state index is 14.0. The quantitative estimate of drug-likeness (QED) is 0.865. The van der Waals surface area contributed by atoms with Gasteiger partial charge in [0.1, 0.15) is 5.82 Å². The molecule has 1 aliphatic heterocycles. The summed E-state index contributed by atoms with van der Waals surface area (Å²) in [4.78, 5) is 13.7. The van der Waals surface area contributed by atoms with Crippen LogP contribution in [0.5, 0.6) is 0 Å². The maximum absolute atomic E-state index is 14.0. The number of nitrogens with zero attached hydrogens (tertiary/aromatic N) is 1. The smallest absolute Gasteiger partial charge is 0.337 e. The number of likely N-dealkylation sites (tertiary alicyclic amines) is 1. The number of hydrogen-bond donors (Lipinski definition) is 1. The molecule has 2 rings (SSSR count). The van der Waals surface area contributed by atoms with E-state index in [2.05, 4.69) is 16.6 Å². The third-order valence-corrected chi connectivity index (χ3v) is 4.21. The van der Waals surface area contributed by atoms with Crippen LogP contribution in [0.15, 0.2) is 18.2 Å². The Hall–Kier alpha value is -1.46. The summed E-state index contributed by atoms with van der Waals surface area (Å²) in [5.74, 6) is -0.537. The predicted molar refractivity (Wildman–Crippen MR) is 77.4 cm³/mol. The number of methoxy groups -OCH3 is 1. The van der Waals surface area contributed by atoms with Crippen molar-refractivity contribution in [3.63, 3.8) is 0 Å². The number of aliphatic hydroxyl groups is 1. The minimum absolute atomic E-state index is 0.161. The van der Waals surface area contributed by atoms with Crippen LogP contribution in [0, 0.1) is 11.7 Å². The lowest BCUT2D eigenvalue weighted by molar-refractivity contribution is 0.0600. The van der Waals surface area contributed by atoms with E-state index in [1.165, 1.54) is 19.2 Å². The van der Waals surface area contributed by atoms with E-state index < -0.39 is 5.97 Å². The molecule has 2 atom stereocenters. The monoisotopic (exact) mass is 295 g/mol. The van der Waals surface area contributed by atoms with Crippen LogP contribution in [0.2, 0.25) is 0 Å². The summed E-state index contributed by atoms with van der Waals surface area (Å²) in [6, 6.07) is 4.63. The van der Waals surface area contributed by atoms with Gasteiger partial charge in [0.05, 0.1) is 12.7 Å². The van der Waals surface area contributed by atoms with Gasteiger partial charge in [0.25, 0.3) is 0 Å². The van der Waals surface area contributed by atoms with Crippen molar-refractivity contribution in [2.75, 3.05) is 20.3 Å². The van der Waals surface area contributed by atoms with E-state index in [0.717, 1.165) is 19.4 Å². The van der Waals surface area contributed by atoms with Gasteiger partial charge in [-0.05, 0) is 43.9 Å². The lowest BCUT2D eigenvalue weighted by atomic mass is 9.93. The van der Waals surface area contributed by atoms with Crippen molar-refractivity contribution >= 4 is 5.97 Å². The first-order valence-corrected chi connectivity index (χ1v) is 7.26. The highest BCUT2D eigenvalue weighted by Crippen LogP contribution is 2.24. The third kappa shape index (κ3) is 3.80. The van der Waals surface area contributed by atoms with Crippen molar-refractivity contribution in [3.05, 3.63) is 35.1 Å². The average Bonchev–Trinajstić information content (AvgIpc) is 2.50. The Balaban J connectivity index is 2.15. The van der Waals surface area contributed by atoms with Crippen molar-refractivity contribution in [3.8, 4) is 0 Å². The van der Waals surface area contributed by atoms with Gasteiger partial charge in [-0.1, -0.05) is 0 Å². The molecule has 21 heavy (non-hydrogen) atoms. The molecule has 0 aromatic heterocycles. The molecule has 1 aromatic rings. The van der Waals surface area contributed by atoms with E-state index in [9.17, 15) is 14.3 Å². The Morgan fingerprint density at radius 1 is 1.48 bits per heavy atom. The summed E-state index contributed by atoms with van der Waals surface area (Å²) in [7, 11) is 1.31. The van der Waals surface area contributed by atoms with Crippen LogP contribution >= 0.6 is 0 Å². The first-order valence-electron chi connectivity index (χ1n) is 7.26. The van der Waals surface area contributed by atoms with E-state index in [-0.39, 0.29) is 18.3 Å². The number of benzene rings is 1. The van der Waals surface area contributed by atoms with Gasteiger partial charge in [-0.15, -0.1) is 0 Å². The zero-order chi connectivity index (χ0) is 15.4. The molecule has 0 bridgehead atoms. The van der Waals surface area contributed by atoms with Gasteiger partial charge in [0, 0.05) is 31.3 Å². The molecule has 1 fully saturated rings. The summed E-state index contributed by atoms with van der Waals surface area (Å²) in [6.45, 7) is 3.46. The number of hydrogen-bond acceptors (Lipinski definition) is 4. The molecule has 116 valence electrons. The van der Waals surface area contributed by atoms with E-state index in [1.54, 1.807) is 6.07 Å². The molecule has 1 saturated heterocycles. The maximum Gasteiger partial charge on any atom is 0.337 e. The largest absolute Gasteiger partial charge is 0.465 e. The van der Waals surface area contributed by atoms with Crippen LogP contribution in [-0.2, 0) is 11.3 Å². The van der Waals surface area contributed by atoms with Crippen LogP contribution in [0.3, 0.4) is 0 Å². The van der Waals surface area contributed by atoms with E-state index in [4.69, 9.17) is 0 Å². The van der Waals surface area contributed by atoms with Gasteiger partial charge in [-0.25, -0.2) is 9.18 Å². The highest BCUT2D eigenvalue weighted by Gasteiger charge is 2.25. The van der Waals surface area contributed by atoms with Crippen molar-refractivity contribution < 1.29 is 19.0 Å². The molecule has 4 nitrogen and oxygen atoms in total. The summed E-state index contributed by atoms with van der Waals surface area (Å²) >= 11 is 0. The fourth-order valence-electron chi connectivity index (χ4n) is 2.79. The number of piperidine rings is 1. The fourth-order valence-corrected chi connectivity index (χ4v) is 2.79. The van der Waals surface area contributed by atoms with Crippen molar-refractivity contribution in [2.24, 2.45) is 5.92 Å². The molecule has 0 aliphatic carbocycles. The summed E-state index contributed by atoms with van der Waals surface area (Å²) in [6.07, 6.45) is 1.99. The number of halogens is 1. The molecule has 1 aliphatic rings. The van der Waals surface area contributed by atoms with E-state index >= 15 is 0 Å². The fraction of sp³-hybridized carbons (Fsp3) is 0.562. The minimum atomic E-state index is -0.462. The highest BCUT2D eigenvalue weighted by atomic mass is 19.1. The first-order chi connectivity index (χ1) is 10.0. The van der Waals surface area contributed by atoms with E-state index in [0.29, 0.717) is 23.7 Å². The van der Waals surface area contributed by atoms with Gasteiger partial charge in [0.15, 0.2) is 0 Å². The van der Waals surface area contributed by atoms with Crippen molar-refractivity contribution in [2.45, 2.75) is 32.4 Å². The molecule has 0 spiro atoms. The van der Waals surface area contributed by atoms with E-state index in [1.807, 2.05) is 0 Å². The number of aliphatic hydroxyl groups excluding tert-OH is 1. The molecular weight excluding hydrogens is 273 g/mol. The first kappa shape index (κ1) is 15.9. The van der Waals surface area contributed by atoms with Crippen LogP contribution < -0.4 is 0 Å². The molecule has 5 heteroatoms. The molecule has 1 heterocycles. The Bertz CT molecular complexity index is 506.